The largest absolute Gasteiger partial charge is 0.362 e. The topological polar surface area (TPSA) is 9.23 Å². The zero-order valence-corrected chi connectivity index (χ0v) is 11.4. The number of ether oxygens (including phenoxy) is 1. The van der Waals surface area contributed by atoms with Crippen LogP contribution >= 0.6 is 11.6 Å². The maximum atomic E-state index is 6.07. The lowest BCUT2D eigenvalue weighted by Gasteiger charge is -2.16. The van der Waals surface area contributed by atoms with Gasteiger partial charge in [-0.25, -0.2) is 0 Å². The smallest absolute Gasteiger partial charge is 0.133 e. The molecule has 0 aliphatic rings. The minimum absolute atomic E-state index is 0.0920. The molecule has 0 aromatic rings. The van der Waals surface area contributed by atoms with E-state index in [1.165, 1.54) is 32.1 Å². The van der Waals surface area contributed by atoms with Gasteiger partial charge < -0.3 is 4.74 Å². The Bertz CT molecular complexity index is 128. The molecule has 2 unspecified atom stereocenters. The first kappa shape index (κ1) is 15.2. The number of hydrogen-bond acceptors (Lipinski definition) is 1. The molecule has 0 aromatic heterocycles. The van der Waals surface area contributed by atoms with Crippen molar-refractivity contribution in [1.82, 2.24) is 0 Å². The van der Waals surface area contributed by atoms with E-state index in [4.69, 9.17) is 16.3 Å². The maximum absolute atomic E-state index is 6.07. The normalized spacial score (nSPS) is 15.2. The fourth-order valence-electron chi connectivity index (χ4n) is 1.43. The predicted molar refractivity (Wildman–Crippen MR) is 68.4 cm³/mol. The summed E-state index contributed by atoms with van der Waals surface area (Å²) in [5.74, 6) is 0.465. The average molecular weight is 235 g/mol. The molecular formula is C13H27ClO. The third-order valence-electron chi connectivity index (χ3n) is 2.87. The Hall–Kier alpha value is 0.250. The van der Waals surface area contributed by atoms with Gasteiger partial charge in [0.25, 0.3) is 0 Å². The summed E-state index contributed by atoms with van der Waals surface area (Å²) in [6.07, 6.45) is 8.91. The molecule has 0 fully saturated rings. The molecule has 2 atom stereocenters. The van der Waals surface area contributed by atoms with Gasteiger partial charge in [-0.15, -0.1) is 0 Å². The lowest BCUT2D eigenvalue weighted by Crippen LogP contribution is -2.15. The average Bonchev–Trinajstić information content (AvgIpc) is 2.26. The number of rotatable bonds is 10. The van der Waals surface area contributed by atoms with Gasteiger partial charge in [0.2, 0.25) is 0 Å². The predicted octanol–water partition coefficient (Wildman–Crippen LogP) is 4.97. The molecular weight excluding hydrogens is 208 g/mol. The highest BCUT2D eigenvalue weighted by atomic mass is 35.5. The Morgan fingerprint density at radius 1 is 1.00 bits per heavy atom. The summed E-state index contributed by atoms with van der Waals surface area (Å²) in [5, 5.41) is 0. The van der Waals surface area contributed by atoms with Crippen LogP contribution in [0.1, 0.15) is 65.7 Å². The summed E-state index contributed by atoms with van der Waals surface area (Å²) in [6, 6.07) is 0. The molecule has 0 radical (unpaired) electrons. The third-order valence-corrected chi connectivity index (χ3v) is 3.42. The lowest BCUT2D eigenvalue weighted by atomic mass is 10.1. The van der Waals surface area contributed by atoms with Crippen LogP contribution in [0.5, 0.6) is 0 Å². The van der Waals surface area contributed by atoms with E-state index in [1.807, 2.05) is 0 Å². The lowest BCUT2D eigenvalue weighted by molar-refractivity contribution is 0.0691. The molecule has 0 aliphatic heterocycles. The van der Waals surface area contributed by atoms with Crippen LogP contribution < -0.4 is 0 Å². The summed E-state index contributed by atoms with van der Waals surface area (Å²) in [4.78, 5) is 0. The van der Waals surface area contributed by atoms with Gasteiger partial charge in [0.1, 0.15) is 5.56 Å². The van der Waals surface area contributed by atoms with Gasteiger partial charge in [0, 0.05) is 6.61 Å². The Balaban J connectivity index is 3.16. The van der Waals surface area contributed by atoms with E-state index in [-0.39, 0.29) is 5.56 Å². The van der Waals surface area contributed by atoms with E-state index < -0.39 is 0 Å². The molecule has 0 rings (SSSR count). The van der Waals surface area contributed by atoms with Crippen molar-refractivity contribution in [2.45, 2.75) is 71.3 Å². The van der Waals surface area contributed by atoms with Gasteiger partial charge in [-0.1, -0.05) is 64.5 Å². The van der Waals surface area contributed by atoms with Gasteiger partial charge in [-0.05, 0) is 18.8 Å². The van der Waals surface area contributed by atoms with Crippen molar-refractivity contribution in [2.75, 3.05) is 6.61 Å². The Labute approximate surface area is 101 Å². The quantitative estimate of drug-likeness (QED) is 0.383. The highest BCUT2D eigenvalue weighted by molar-refractivity contribution is 6.19. The molecule has 15 heavy (non-hydrogen) atoms. The molecule has 0 bridgehead atoms. The zero-order chi connectivity index (χ0) is 11.5. The summed E-state index contributed by atoms with van der Waals surface area (Å²) in [5.41, 5.74) is -0.0920. The number of alkyl halides is 1. The van der Waals surface area contributed by atoms with Crippen LogP contribution in [-0.2, 0) is 4.74 Å². The molecule has 2 heteroatoms. The first-order valence-electron chi connectivity index (χ1n) is 6.48. The van der Waals surface area contributed by atoms with Crippen molar-refractivity contribution < 1.29 is 4.74 Å². The van der Waals surface area contributed by atoms with Crippen LogP contribution in [0.15, 0.2) is 0 Å². The second-order valence-electron chi connectivity index (χ2n) is 4.38. The molecule has 0 N–H and O–H groups in total. The summed E-state index contributed by atoms with van der Waals surface area (Å²) in [7, 11) is 0. The van der Waals surface area contributed by atoms with E-state index in [9.17, 15) is 0 Å². The molecule has 0 saturated carbocycles. The summed E-state index contributed by atoms with van der Waals surface area (Å²) >= 11 is 6.07. The Morgan fingerprint density at radius 3 is 2.20 bits per heavy atom. The van der Waals surface area contributed by atoms with E-state index in [1.54, 1.807) is 0 Å². The SMILES string of the molecule is CCCCCCCCOC(Cl)C(C)CC. The Morgan fingerprint density at radius 2 is 1.60 bits per heavy atom. The van der Waals surface area contributed by atoms with Crippen molar-refractivity contribution in [3.8, 4) is 0 Å². The number of unbranched alkanes of at least 4 members (excludes halogenated alkanes) is 5. The minimum atomic E-state index is -0.0920. The standard InChI is InChI=1S/C13H27ClO/c1-4-6-7-8-9-10-11-15-13(14)12(3)5-2/h12-13H,4-11H2,1-3H3. The van der Waals surface area contributed by atoms with Gasteiger partial charge in [-0.2, -0.15) is 0 Å². The molecule has 0 aromatic carbocycles. The van der Waals surface area contributed by atoms with Crippen LogP contribution in [0.3, 0.4) is 0 Å². The van der Waals surface area contributed by atoms with E-state index in [0.717, 1.165) is 19.4 Å². The van der Waals surface area contributed by atoms with Crippen molar-refractivity contribution in [1.29, 1.82) is 0 Å². The highest BCUT2D eigenvalue weighted by Crippen LogP contribution is 2.15. The highest BCUT2D eigenvalue weighted by Gasteiger charge is 2.11. The van der Waals surface area contributed by atoms with Crippen LogP contribution in [0, 0.1) is 5.92 Å². The van der Waals surface area contributed by atoms with Crippen molar-refractivity contribution in [3.05, 3.63) is 0 Å². The first-order valence-corrected chi connectivity index (χ1v) is 6.91. The van der Waals surface area contributed by atoms with Gasteiger partial charge in [0.15, 0.2) is 0 Å². The minimum Gasteiger partial charge on any atom is -0.362 e. The van der Waals surface area contributed by atoms with E-state index in [2.05, 4.69) is 20.8 Å². The van der Waals surface area contributed by atoms with E-state index >= 15 is 0 Å². The molecule has 0 aliphatic carbocycles. The van der Waals surface area contributed by atoms with Crippen LogP contribution in [0.4, 0.5) is 0 Å². The maximum Gasteiger partial charge on any atom is 0.133 e. The second-order valence-corrected chi connectivity index (χ2v) is 4.81. The van der Waals surface area contributed by atoms with Crippen LogP contribution in [0.2, 0.25) is 0 Å². The fraction of sp³-hybridized carbons (Fsp3) is 1.00. The summed E-state index contributed by atoms with van der Waals surface area (Å²) in [6.45, 7) is 7.35. The van der Waals surface area contributed by atoms with Gasteiger partial charge in [-0.3, -0.25) is 0 Å². The Kier molecular flexibility index (Phi) is 10.9. The summed E-state index contributed by atoms with van der Waals surface area (Å²) < 4.78 is 5.57. The molecule has 0 spiro atoms. The molecule has 0 amide bonds. The fourth-order valence-corrected chi connectivity index (χ4v) is 1.70. The third kappa shape index (κ3) is 9.19. The van der Waals surface area contributed by atoms with Crippen molar-refractivity contribution in [2.24, 2.45) is 5.92 Å². The molecule has 1 nitrogen and oxygen atoms in total. The number of hydrogen-bond donors (Lipinski definition) is 0. The molecule has 0 heterocycles. The van der Waals surface area contributed by atoms with Crippen LogP contribution in [0.25, 0.3) is 0 Å². The molecule has 0 saturated heterocycles. The van der Waals surface area contributed by atoms with Gasteiger partial charge >= 0.3 is 0 Å². The first-order chi connectivity index (χ1) is 7.22. The van der Waals surface area contributed by atoms with E-state index in [0.29, 0.717) is 5.92 Å². The van der Waals surface area contributed by atoms with Crippen LogP contribution in [-0.4, -0.2) is 12.2 Å². The zero-order valence-electron chi connectivity index (χ0n) is 10.6. The van der Waals surface area contributed by atoms with Gasteiger partial charge in [0.05, 0.1) is 0 Å². The number of halogens is 1. The van der Waals surface area contributed by atoms with Crippen molar-refractivity contribution >= 4 is 11.6 Å². The second kappa shape index (κ2) is 10.8. The molecule has 92 valence electrons. The van der Waals surface area contributed by atoms with Crippen molar-refractivity contribution in [3.63, 3.8) is 0 Å². The monoisotopic (exact) mass is 234 g/mol.